The fraction of sp³-hybridized carbons (Fsp3) is 0.524. The molecule has 1 aliphatic heterocycles. The maximum absolute atomic E-state index is 6.09. The highest BCUT2D eigenvalue weighted by Gasteiger charge is 2.16. The Morgan fingerprint density at radius 1 is 1.27 bits per heavy atom. The Morgan fingerprint density at radius 3 is 2.53 bits per heavy atom. The van der Waals surface area contributed by atoms with Gasteiger partial charge in [0.25, 0.3) is 0 Å². The van der Waals surface area contributed by atoms with Gasteiger partial charge in [-0.15, -0.1) is 24.0 Å². The first-order valence-corrected chi connectivity index (χ1v) is 10.5. The number of aromatic nitrogens is 2. The van der Waals surface area contributed by atoms with Crippen LogP contribution in [-0.4, -0.2) is 72.1 Å². The van der Waals surface area contributed by atoms with Crippen molar-refractivity contribution in [3.05, 3.63) is 46.9 Å². The molecule has 0 saturated carbocycles. The van der Waals surface area contributed by atoms with Gasteiger partial charge in [-0.2, -0.15) is 0 Å². The number of guanidine groups is 1. The zero-order valence-corrected chi connectivity index (χ0v) is 21.4. The van der Waals surface area contributed by atoms with Gasteiger partial charge in [0.05, 0.1) is 11.6 Å². The van der Waals surface area contributed by atoms with Gasteiger partial charge >= 0.3 is 0 Å². The zero-order chi connectivity index (χ0) is 20.8. The average Bonchev–Trinajstić information content (AvgIpc) is 3.05. The van der Waals surface area contributed by atoms with Crippen LogP contribution in [0.3, 0.4) is 0 Å². The largest absolute Gasteiger partial charge is 0.354 e. The Balaban J connectivity index is 0.00000320. The molecule has 0 unspecified atom stereocenters. The van der Waals surface area contributed by atoms with Crippen LogP contribution in [0.2, 0.25) is 5.02 Å². The van der Waals surface area contributed by atoms with Crippen LogP contribution in [0.15, 0.2) is 35.6 Å². The van der Waals surface area contributed by atoms with E-state index in [9.17, 15) is 0 Å². The van der Waals surface area contributed by atoms with Gasteiger partial charge in [0.1, 0.15) is 5.82 Å². The molecule has 0 atom stereocenters. The van der Waals surface area contributed by atoms with Gasteiger partial charge in [0, 0.05) is 72.0 Å². The lowest BCUT2D eigenvalue weighted by Gasteiger charge is -2.34. The first-order valence-electron chi connectivity index (χ1n) is 10.1. The Bertz CT molecular complexity index is 813. The molecule has 0 aromatic carbocycles. The summed E-state index contributed by atoms with van der Waals surface area (Å²) in [7, 11) is 5.82. The van der Waals surface area contributed by atoms with Crippen molar-refractivity contribution in [1.29, 1.82) is 0 Å². The minimum Gasteiger partial charge on any atom is -0.354 e. The number of likely N-dealkylation sites (N-methyl/N-ethyl adjacent to an activating group) is 1. The van der Waals surface area contributed by atoms with Crippen LogP contribution in [0.4, 0.5) is 5.82 Å². The van der Waals surface area contributed by atoms with E-state index in [1.165, 1.54) is 0 Å². The van der Waals surface area contributed by atoms with Crippen LogP contribution < -0.4 is 10.2 Å². The lowest BCUT2D eigenvalue weighted by molar-refractivity contribution is 0.270. The first kappa shape index (κ1) is 24.7. The number of pyridine rings is 1. The van der Waals surface area contributed by atoms with Gasteiger partial charge in [0.2, 0.25) is 0 Å². The molecule has 9 heteroatoms. The Hall–Kier alpha value is -1.52. The number of aliphatic imine (C=N–C) groups is 1. The minimum absolute atomic E-state index is 0. The summed E-state index contributed by atoms with van der Waals surface area (Å²) in [6.07, 6.45) is 3.87. The number of aryl methyl sites for hydroxylation is 1. The normalized spacial score (nSPS) is 15.1. The molecule has 1 aliphatic rings. The number of nitrogens with one attached hydrogen (secondary N) is 1. The van der Waals surface area contributed by atoms with Crippen LogP contribution in [0.1, 0.15) is 18.2 Å². The van der Waals surface area contributed by atoms with E-state index in [-0.39, 0.29) is 24.0 Å². The molecular formula is C21H33ClIN7. The smallest absolute Gasteiger partial charge is 0.194 e. The quantitative estimate of drug-likeness (QED) is 0.344. The molecular weight excluding hydrogens is 513 g/mol. The van der Waals surface area contributed by atoms with Gasteiger partial charge in [-0.3, -0.25) is 4.99 Å². The second-order valence-corrected chi connectivity index (χ2v) is 7.90. The van der Waals surface area contributed by atoms with E-state index in [0.717, 1.165) is 67.3 Å². The number of nitrogens with zero attached hydrogens (tertiary/aromatic N) is 6. The highest BCUT2D eigenvalue weighted by molar-refractivity contribution is 14.0. The predicted octanol–water partition coefficient (Wildman–Crippen LogP) is 3.04. The summed E-state index contributed by atoms with van der Waals surface area (Å²) in [5.41, 5.74) is 2.27. The lowest BCUT2D eigenvalue weighted by Crippen LogP contribution is -2.46. The molecule has 2 aromatic rings. The molecule has 1 fully saturated rings. The lowest BCUT2D eigenvalue weighted by atomic mass is 10.2. The number of hydrogen-bond donors (Lipinski definition) is 1. The molecule has 2 aromatic heterocycles. The summed E-state index contributed by atoms with van der Waals surface area (Å²) in [4.78, 5) is 16.0. The zero-order valence-electron chi connectivity index (χ0n) is 18.3. The molecule has 0 amide bonds. The van der Waals surface area contributed by atoms with E-state index in [2.05, 4.69) is 49.0 Å². The SMILES string of the molecule is CCN1CCN(c2ccc(CNC(=NC)N(C)Cc3cc(Cl)cn3C)cn2)CC1.I. The molecule has 1 N–H and O–H groups in total. The molecule has 166 valence electrons. The van der Waals surface area contributed by atoms with Gasteiger partial charge in [-0.25, -0.2) is 4.98 Å². The van der Waals surface area contributed by atoms with Crippen molar-refractivity contribution in [2.45, 2.75) is 20.0 Å². The number of anilines is 1. The molecule has 0 radical (unpaired) electrons. The molecule has 7 nitrogen and oxygen atoms in total. The maximum Gasteiger partial charge on any atom is 0.194 e. The van der Waals surface area contributed by atoms with Gasteiger partial charge < -0.3 is 24.6 Å². The minimum atomic E-state index is 0. The van der Waals surface area contributed by atoms with Crippen LogP contribution in [0.25, 0.3) is 0 Å². The van der Waals surface area contributed by atoms with Crippen molar-refractivity contribution in [2.24, 2.45) is 12.0 Å². The second kappa shape index (κ2) is 11.8. The Kier molecular flexibility index (Phi) is 9.70. The number of rotatable bonds is 6. The van der Waals surface area contributed by atoms with Crippen molar-refractivity contribution in [2.75, 3.05) is 51.7 Å². The molecule has 0 spiro atoms. The van der Waals surface area contributed by atoms with Crippen molar-refractivity contribution in [3.63, 3.8) is 0 Å². The van der Waals surface area contributed by atoms with Crippen molar-refractivity contribution < 1.29 is 0 Å². The van der Waals surface area contributed by atoms with E-state index in [1.54, 1.807) is 7.05 Å². The van der Waals surface area contributed by atoms with Gasteiger partial charge in [0.15, 0.2) is 5.96 Å². The standard InChI is InChI=1S/C21H32ClN7.HI/c1-5-28-8-10-29(11-9-28)20-7-6-17(13-24-20)14-25-21(23-2)27(4)16-19-12-18(22)15-26(19)3;/h6-7,12-13,15H,5,8-11,14,16H2,1-4H3,(H,23,25);1H. The third-order valence-corrected chi connectivity index (χ3v) is 5.66. The van der Waals surface area contributed by atoms with E-state index in [1.807, 2.05) is 37.1 Å². The Morgan fingerprint density at radius 2 is 2.00 bits per heavy atom. The monoisotopic (exact) mass is 545 g/mol. The molecule has 3 rings (SSSR count). The Labute approximate surface area is 202 Å². The van der Waals surface area contributed by atoms with E-state index in [4.69, 9.17) is 11.6 Å². The summed E-state index contributed by atoms with van der Waals surface area (Å²) in [6.45, 7) is 9.05. The van der Waals surface area contributed by atoms with Crippen LogP contribution in [0.5, 0.6) is 0 Å². The van der Waals surface area contributed by atoms with E-state index < -0.39 is 0 Å². The first-order chi connectivity index (χ1) is 14.0. The van der Waals surface area contributed by atoms with Crippen LogP contribution >= 0.6 is 35.6 Å². The number of halogens is 2. The highest BCUT2D eigenvalue weighted by Crippen LogP contribution is 2.15. The highest BCUT2D eigenvalue weighted by atomic mass is 127. The fourth-order valence-electron chi connectivity index (χ4n) is 3.61. The average molecular weight is 546 g/mol. The third kappa shape index (κ3) is 6.49. The van der Waals surface area contributed by atoms with Crippen LogP contribution in [-0.2, 0) is 20.1 Å². The molecule has 1 saturated heterocycles. The summed E-state index contributed by atoms with van der Waals surface area (Å²) in [5.74, 6) is 1.90. The van der Waals surface area contributed by atoms with Crippen molar-refractivity contribution in [3.8, 4) is 0 Å². The summed E-state index contributed by atoms with van der Waals surface area (Å²) in [5, 5.41) is 4.17. The van der Waals surface area contributed by atoms with Gasteiger partial charge in [-0.05, 0) is 24.2 Å². The summed E-state index contributed by atoms with van der Waals surface area (Å²) >= 11 is 6.09. The van der Waals surface area contributed by atoms with Crippen molar-refractivity contribution in [1.82, 2.24) is 24.7 Å². The third-order valence-electron chi connectivity index (χ3n) is 5.45. The fourth-order valence-corrected chi connectivity index (χ4v) is 3.88. The topological polar surface area (TPSA) is 51.9 Å². The molecule has 0 aliphatic carbocycles. The molecule has 30 heavy (non-hydrogen) atoms. The molecule has 3 heterocycles. The van der Waals surface area contributed by atoms with Gasteiger partial charge in [-0.1, -0.05) is 24.6 Å². The molecule has 0 bridgehead atoms. The summed E-state index contributed by atoms with van der Waals surface area (Å²) in [6, 6.07) is 6.25. The maximum atomic E-state index is 6.09. The number of hydrogen-bond acceptors (Lipinski definition) is 4. The number of piperazine rings is 1. The predicted molar refractivity (Wildman–Crippen MR) is 136 cm³/mol. The van der Waals surface area contributed by atoms with E-state index in [0.29, 0.717) is 6.54 Å². The van der Waals surface area contributed by atoms with Crippen LogP contribution in [0, 0.1) is 0 Å². The summed E-state index contributed by atoms with van der Waals surface area (Å²) < 4.78 is 2.04. The second-order valence-electron chi connectivity index (χ2n) is 7.46. The van der Waals surface area contributed by atoms with Crippen molar-refractivity contribution >= 4 is 47.4 Å². The van der Waals surface area contributed by atoms with E-state index >= 15 is 0 Å².